The van der Waals surface area contributed by atoms with E-state index in [2.05, 4.69) is 5.32 Å². The van der Waals surface area contributed by atoms with E-state index in [1.807, 2.05) is 13.8 Å². The number of ether oxygens (including phenoxy) is 2. The molecule has 4 nitrogen and oxygen atoms in total. The maximum atomic E-state index is 13.7. The molecule has 2 rings (SSSR count). The van der Waals surface area contributed by atoms with Gasteiger partial charge in [-0.25, -0.2) is 9.18 Å². The number of cyclic esters (lactones) is 1. The maximum Gasteiger partial charge on any atom is 0.407 e. The largest absolute Gasteiger partial charge is 0.494 e. The zero-order valence-corrected chi connectivity index (χ0v) is 10.6. The number of methoxy groups -OCH3 is 1. The smallest absolute Gasteiger partial charge is 0.407 e. The Morgan fingerprint density at radius 3 is 2.83 bits per heavy atom. The number of carbonyl (C=O) groups is 1. The minimum absolute atomic E-state index is 0.190. The predicted molar refractivity (Wildman–Crippen MR) is 64.0 cm³/mol. The summed E-state index contributed by atoms with van der Waals surface area (Å²) >= 11 is 0. The van der Waals surface area contributed by atoms with Crippen LogP contribution in [0.1, 0.15) is 25.5 Å². The lowest BCUT2D eigenvalue weighted by Gasteiger charge is -2.38. The van der Waals surface area contributed by atoms with Crippen molar-refractivity contribution in [1.82, 2.24) is 5.32 Å². The molecule has 0 spiro atoms. The summed E-state index contributed by atoms with van der Waals surface area (Å²) in [4.78, 5) is 11.3. The number of halogens is 1. The molecule has 1 aromatic carbocycles. The quantitative estimate of drug-likeness (QED) is 0.881. The van der Waals surface area contributed by atoms with E-state index in [4.69, 9.17) is 9.47 Å². The van der Waals surface area contributed by atoms with Gasteiger partial charge < -0.3 is 14.8 Å². The fourth-order valence-corrected chi connectivity index (χ4v) is 2.09. The van der Waals surface area contributed by atoms with Crippen LogP contribution in [0.15, 0.2) is 18.2 Å². The van der Waals surface area contributed by atoms with Crippen molar-refractivity contribution in [1.29, 1.82) is 0 Å². The summed E-state index contributed by atoms with van der Waals surface area (Å²) < 4.78 is 23.5. The minimum Gasteiger partial charge on any atom is -0.494 e. The van der Waals surface area contributed by atoms with Gasteiger partial charge in [-0.1, -0.05) is 19.9 Å². The van der Waals surface area contributed by atoms with Crippen LogP contribution in [-0.2, 0) is 4.74 Å². The van der Waals surface area contributed by atoms with Gasteiger partial charge in [0.25, 0.3) is 0 Å². The number of rotatable bonds is 2. The zero-order valence-electron chi connectivity index (χ0n) is 10.6. The fraction of sp³-hybridized carbons (Fsp3) is 0.462. The maximum absolute atomic E-state index is 13.7. The highest BCUT2D eigenvalue weighted by atomic mass is 19.1. The number of alkyl carbamates (subject to hydrolysis) is 1. The Morgan fingerprint density at radius 2 is 2.22 bits per heavy atom. The summed E-state index contributed by atoms with van der Waals surface area (Å²) in [5.74, 6) is -0.249. The number of benzene rings is 1. The summed E-state index contributed by atoms with van der Waals surface area (Å²) in [6, 6.07) is 4.42. The molecule has 0 saturated carbocycles. The van der Waals surface area contributed by atoms with Crippen molar-refractivity contribution in [2.75, 3.05) is 13.7 Å². The highest BCUT2D eigenvalue weighted by Crippen LogP contribution is 2.37. The lowest BCUT2D eigenvalue weighted by atomic mass is 9.80. The van der Waals surface area contributed by atoms with Gasteiger partial charge in [-0.3, -0.25) is 0 Å². The Hall–Kier alpha value is -1.78. The SMILES string of the molecule is COc1ccc([C@@H]2NC(=O)OCC2(C)C)cc1F. The molecular formula is C13H16FNO3. The Kier molecular flexibility index (Phi) is 3.15. The first-order valence-electron chi connectivity index (χ1n) is 5.71. The molecule has 1 amide bonds. The third kappa shape index (κ3) is 2.25. The van der Waals surface area contributed by atoms with Gasteiger partial charge in [0.1, 0.15) is 6.61 Å². The molecule has 0 unspecified atom stereocenters. The van der Waals surface area contributed by atoms with E-state index >= 15 is 0 Å². The zero-order chi connectivity index (χ0) is 13.3. The summed E-state index contributed by atoms with van der Waals surface area (Å²) in [7, 11) is 1.41. The van der Waals surface area contributed by atoms with Crippen LogP contribution in [-0.4, -0.2) is 19.8 Å². The fourth-order valence-electron chi connectivity index (χ4n) is 2.09. The van der Waals surface area contributed by atoms with Crippen molar-refractivity contribution in [2.45, 2.75) is 19.9 Å². The van der Waals surface area contributed by atoms with Crippen molar-refractivity contribution in [2.24, 2.45) is 5.41 Å². The van der Waals surface area contributed by atoms with Gasteiger partial charge in [0, 0.05) is 5.41 Å². The lowest BCUT2D eigenvalue weighted by Crippen LogP contribution is -2.46. The van der Waals surface area contributed by atoms with Crippen LogP contribution >= 0.6 is 0 Å². The summed E-state index contributed by atoms with van der Waals surface area (Å²) in [5.41, 5.74) is 0.407. The molecule has 0 aliphatic carbocycles. The molecule has 1 heterocycles. The van der Waals surface area contributed by atoms with E-state index in [0.29, 0.717) is 12.2 Å². The van der Waals surface area contributed by atoms with Crippen LogP contribution in [0.2, 0.25) is 0 Å². The monoisotopic (exact) mass is 253 g/mol. The van der Waals surface area contributed by atoms with E-state index in [1.165, 1.54) is 13.2 Å². The van der Waals surface area contributed by atoms with Gasteiger partial charge in [0.05, 0.1) is 13.2 Å². The number of nitrogens with one attached hydrogen (secondary N) is 1. The minimum atomic E-state index is -0.476. The van der Waals surface area contributed by atoms with Gasteiger partial charge in [-0.05, 0) is 17.7 Å². The third-order valence-electron chi connectivity index (χ3n) is 3.13. The van der Waals surface area contributed by atoms with Crippen LogP contribution in [0.4, 0.5) is 9.18 Å². The van der Waals surface area contributed by atoms with E-state index in [9.17, 15) is 9.18 Å². The number of amides is 1. The molecule has 1 saturated heterocycles. The molecule has 0 aromatic heterocycles. The first-order valence-corrected chi connectivity index (χ1v) is 5.71. The normalized spacial score (nSPS) is 22.0. The van der Waals surface area contributed by atoms with Gasteiger partial charge in [-0.15, -0.1) is 0 Å². The molecule has 18 heavy (non-hydrogen) atoms. The Morgan fingerprint density at radius 1 is 1.50 bits per heavy atom. The van der Waals surface area contributed by atoms with Crippen molar-refractivity contribution >= 4 is 6.09 Å². The number of carbonyl (C=O) groups excluding carboxylic acids is 1. The van der Waals surface area contributed by atoms with Gasteiger partial charge in [0.15, 0.2) is 11.6 Å². The molecule has 5 heteroatoms. The lowest BCUT2D eigenvalue weighted by molar-refractivity contribution is 0.0386. The second-order valence-electron chi connectivity index (χ2n) is 5.04. The average Bonchev–Trinajstić information content (AvgIpc) is 2.32. The standard InChI is InChI=1S/C13H16FNO3/c1-13(2)7-18-12(16)15-11(13)8-4-5-10(17-3)9(14)6-8/h4-6,11H,7H2,1-3H3,(H,15,16)/t11-/m0/s1. The summed E-state index contributed by atoms with van der Waals surface area (Å²) in [5, 5.41) is 2.72. The van der Waals surface area contributed by atoms with Gasteiger partial charge >= 0.3 is 6.09 Å². The Bertz CT molecular complexity index is 473. The molecule has 1 N–H and O–H groups in total. The molecule has 1 aliphatic heterocycles. The van der Waals surface area contributed by atoms with Gasteiger partial charge in [0.2, 0.25) is 0 Å². The average molecular weight is 253 g/mol. The topological polar surface area (TPSA) is 47.6 Å². The van der Waals surface area contributed by atoms with Crippen molar-refractivity contribution in [3.8, 4) is 5.75 Å². The first-order chi connectivity index (χ1) is 8.44. The van der Waals surface area contributed by atoms with Crippen molar-refractivity contribution in [3.63, 3.8) is 0 Å². The van der Waals surface area contributed by atoms with Crippen molar-refractivity contribution in [3.05, 3.63) is 29.6 Å². The highest BCUT2D eigenvalue weighted by Gasteiger charge is 2.38. The van der Waals surface area contributed by atoms with E-state index in [-0.39, 0.29) is 17.2 Å². The molecule has 1 aromatic rings. The summed E-state index contributed by atoms with van der Waals surface area (Å²) in [6.07, 6.45) is -0.476. The van der Waals surface area contributed by atoms with E-state index < -0.39 is 11.9 Å². The van der Waals surface area contributed by atoms with Gasteiger partial charge in [-0.2, -0.15) is 0 Å². The molecule has 0 bridgehead atoms. The predicted octanol–water partition coefficient (Wildman–Crippen LogP) is 2.64. The first kappa shape index (κ1) is 12.7. The highest BCUT2D eigenvalue weighted by molar-refractivity contribution is 5.69. The molecule has 1 atom stereocenters. The number of hydrogen-bond acceptors (Lipinski definition) is 3. The van der Waals surface area contributed by atoms with Crippen molar-refractivity contribution < 1.29 is 18.7 Å². The van der Waals surface area contributed by atoms with Crippen LogP contribution < -0.4 is 10.1 Å². The van der Waals surface area contributed by atoms with Crippen LogP contribution in [0, 0.1) is 11.2 Å². The molecule has 0 radical (unpaired) electrons. The Balaban J connectivity index is 2.34. The van der Waals surface area contributed by atoms with Crippen LogP contribution in [0.25, 0.3) is 0 Å². The molecule has 98 valence electrons. The Labute approximate surface area is 105 Å². The summed E-state index contributed by atoms with van der Waals surface area (Å²) in [6.45, 7) is 4.22. The van der Waals surface area contributed by atoms with E-state index in [1.54, 1.807) is 12.1 Å². The second kappa shape index (κ2) is 4.48. The number of hydrogen-bond donors (Lipinski definition) is 1. The van der Waals surface area contributed by atoms with E-state index in [0.717, 1.165) is 0 Å². The van der Waals surface area contributed by atoms with Crippen LogP contribution in [0.3, 0.4) is 0 Å². The second-order valence-corrected chi connectivity index (χ2v) is 5.04. The molecule has 1 aliphatic rings. The van der Waals surface area contributed by atoms with Crippen LogP contribution in [0.5, 0.6) is 5.75 Å². The third-order valence-corrected chi connectivity index (χ3v) is 3.13. The molecule has 1 fully saturated rings. The molecular weight excluding hydrogens is 237 g/mol.